The maximum Gasteiger partial charge on any atom is 0.245 e. The monoisotopic (exact) mass is 312 g/mol. The molecule has 1 saturated carbocycles. The number of aromatic nitrogens is 4. The van der Waals surface area contributed by atoms with E-state index in [1.165, 1.54) is 19.2 Å². The summed E-state index contributed by atoms with van der Waals surface area (Å²) < 4.78 is 7.48. The molecule has 2 aromatic rings. The Morgan fingerprint density at radius 2 is 2.30 bits per heavy atom. The van der Waals surface area contributed by atoms with Crippen LogP contribution >= 0.6 is 23.4 Å². The third-order valence-corrected chi connectivity index (χ3v) is 5.28. The van der Waals surface area contributed by atoms with Gasteiger partial charge < -0.3 is 9.30 Å². The van der Waals surface area contributed by atoms with Crippen LogP contribution in [0.25, 0.3) is 11.2 Å². The zero-order chi connectivity index (χ0) is 14.1. The van der Waals surface area contributed by atoms with Crippen molar-refractivity contribution in [2.75, 3.05) is 13.4 Å². The van der Waals surface area contributed by atoms with Crippen LogP contribution in [0.4, 0.5) is 0 Å². The smallest absolute Gasteiger partial charge is 0.245 e. The lowest BCUT2D eigenvalue weighted by Gasteiger charge is -2.21. The molecule has 20 heavy (non-hydrogen) atoms. The van der Waals surface area contributed by atoms with Gasteiger partial charge >= 0.3 is 0 Å². The van der Waals surface area contributed by atoms with Crippen LogP contribution in [0.3, 0.4) is 0 Å². The molecular formula is C13H17ClN4OS. The van der Waals surface area contributed by atoms with Crippen LogP contribution in [0, 0.1) is 0 Å². The molecule has 2 aromatic heterocycles. The third kappa shape index (κ3) is 2.15. The molecule has 0 saturated heterocycles. The summed E-state index contributed by atoms with van der Waals surface area (Å²) in [4.78, 5) is 13.1. The van der Waals surface area contributed by atoms with E-state index in [1.807, 2.05) is 11.8 Å². The molecule has 108 valence electrons. The number of alkyl halides is 1. The zero-order valence-corrected chi connectivity index (χ0v) is 13.1. The summed E-state index contributed by atoms with van der Waals surface area (Å²) in [6, 6.07) is 0.406. The highest BCUT2D eigenvalue weighted by atomic mass is 35.5. The summed E-state index contributed by atoms with van der Waals surface area (Å²) in [7, 11) is 1.60. The van der Waals surface area contributed by atoms with Crippen LogP contribution in [-0.4, -0.2) is 38.1 Å². The number of ether oxygens (including phenoxy) is 1. The molecule has 2 heterocycles. The molecule has 0 spiro atoms. The van der Waals surface area contributed by atoms with Crippen LogP contribution in [-0.2, 0) is 5.88 Å². The van der Waals surface area contributed by atoms with Crippen molar-refractivity contribution in [1.82, 2.24) is 19.5 Å². The average Bonchev–Trinajstić information content (AvgIpc) is 3.09. The van der Waals surface area contributed by atoms with E-state index in [9.17, 15) is 0 Å². The van der Waals surface area contributed by atoms with Gasteiger partial charge in [-0.3, -0.25) is 0 Å². The predicted octanol–water partition coefficient (Wildman–Crippen LogP) is 3.03. The van der Waals surface area contributed by atoms with Crippen molar-refractivity contribution in [2.45, 2.75) is 36.4 Å². The SMILES string of the molecule is COc1ncnc2c1nc(CCl)n2C1CCCC1SC. The van der Waals surface area contributed by atoms with Crippen LogP contribution < -0.4 is 4.74 Å². The predicted molar refractivity (Wildman–Crippen MR) is 81.6 cm³/mol. The summed E-state index contributed by atoms with van der Waals surface area (Å²) in [5.74, 6) is 1.74. The molecule has 7 heteroatoms. The van der Waals surface area contributed by atoms with Gasteiger partial charge in [0, 0.05) is 11.3 Å². The molecule has 2 unspecified atom stereocenters. The summed E-state index contributed by atoms with van der Waals surface area (Å²) >= 11 is 8.00. The quantitative estimate of drug-likeness (QED) is 0.812. The van der Waals surface area contributed by atoms with Crippen LogP contribution in [0.5, 0.6) is 5.88 Å². The molecule has 1 aliphatic rings. The van der Waals surface area contributed by atoms with E-state index in [-0.39, 0.29) is 0 Å². The Bertz CT molecular complexity index is 618. The Morgan fingerprint density at radius 3 is 3.00 bits per heavy atom. The highest BCUT2D eigenvalue weighted by Crippen LogP contribution is 2.40. The van der Waals surface area contributed by atoms with Crippen molar-refractivity contribution >= 4 is 34.5 Å². The van der Waals surface area contributed by atoms with E-state index in [0.717, 1.165) is 17.9 Å². The van der Waals surface area contributed by atoms with Crippen molar-refractivity contribution in [2.24, 2.45) is 0 Å². The van der Waals surface area contributed by atoms with E-state index in [4.69, 9.17) is 16.3 Å². The fourth-order valence-electron chi connectivity index (χ4n) is 3.00. The summed E-state index contributed by atoms with van der Waals surface area (Å²) in [5.41, 5.74) is 1.54. The number of methoxy groups -OCH3 is 1. The summed E-state index contributed by atoms with van der Waals surface area (Å²) in [5, 5.41) is 0.593. The summed E-state index contributed by atoms with van der Waals surface area (Å²) in [6.45, 7) is 0. The van der Waals surface area contributed by atoms with Crippen molar-refractivity contribution in [3.8, 4) is 5.88 Å². The lowest BCUT2D eigenvalue weighted by molar-refractivity contribution is 0.401. The molecule has 3 rings (SSSR count). The van der Waals surface area contributed by atoms with Crippen LogP contribution in [0.2, 0.25) is 0 Å². The molecule has 0 aromatic carbocycles. The van der Waals surface area contributed by atoms with Crippen LogP contribution in [0.1, 0.15) is 31.1 Å². The van der Waals surface area contributed by atoms with E-state index < -0.39 is 0 Å². The topological polar surface area (TPSA) is 52.8 Å². The van der Waals surface area contributed by atoms with Crippen molar-refractivity contribution < 1.29 is 4.74 Å². The number of nitrogens with zero attached hydrogens (tertiary/aromatic N) is 4. The maximum absolute atomic E-state index is 6.09. The standard InChI is InChI=1S/C13H17ClN4OS/c1-19-13-11-12(15-7-16-13)18(10(6-14)17-11)8-4-3-5-9(8)20-2/h7-9H,3-6H2,1-2H3. The molecule has 2 atom stereocenters. The van der Waals surface area contributed by atoms with Crippen molar-refractivity contribution in [1.29, 1.82) is 0 Å². The second-order valence-electron chi connectivity index (χ2n) is 4.86. The van der Waals surface area contributed by atoms with Gasteiger partial charge in [-0.2, -0.15) is 16.7 Å². The normalized spacial score (nSPS) is 22.6. The Kier molecular flexibility index (Phi) is 4.03. The maximum atomic E-state index is 6.09. The van der Waals surface area contributed by atoms with Gasteiger partial charge in [-0.05, 0) is 19.1 Å². The van der Waals surface area contributed by atoms with Gasteiger partial charge in [0.15, 0.2) is 11.2 Å². The minimum Gasteiger partial charge on any atom is -0.479 e. The highest BCUT2D eigenvalue weighted by Gasteiger charge is 2.31. The second-order valence-corrected chi connectivity index (χ2v) is 6.20. The zero-order valence-electron chi connectivity index (χ0n) is 11.5. The van der Waals surface area contributed by atoms with Crippen molar-refractivity contribution in [3.05, 3.63) is 12.2 Å². The molecular weight excluding hydrogens is 296 g/mol. The fourth-order valence-corrected chi connectivity index (χ4v) is 4.16. The highest BCUT2D eigenvalue weighted by molar-refractivity contribution is 7.99. The van der Waals surface area contributed by atoms with Gasteiger partial charge in [0.05, 0.1) is 13.0 Å². The number of fused-ring (bicyclic) bond motifs is 1. The number of thioether (sulfide) groups is 1. The first-order valence-electron chi connectivity index (χ1n) is 6.64. The Morgan fingerprint density at radius 1 is 1.45 bits per heavy atom. The molecule has 1 fully saturated rings. The first-order chi connectivity index (χ1) is 9.80. The Hall–Kier alpha value is -1.01. The van der Waals surface area contributed by atoms with E-state index >= 15 is 0 Å². The average molecular weight is 313 g/mol. The molecule has 0 bridgehead atoms. The first kappa shape index (κ1) is 13.9. The number of halogens is 1. The summed E-state index contributed by atoms with van der Waals surface area (Å²) in [6.07, 6.45) is 7.31. The molecule has 1 aliphatic carbocycles. The van der Waals surface area contributed by atoms with Gasteiger partial charge in [0.1, 0.15) is 12.2 Å². The van der Waals surface area contributed by atoms with Crippen LogP contribution in [0.15, 0.2) is 6.33 Å². The van der Waals surface area contributed by atoms with Crippen molar-refractivity contribution in [3.63, 3.8) is 0 Å². The Balaban J connectivity index is 2.18. The number of hydrogen-bond acceptors (Lipinski definition) is 5. The lowest BCUT2D eigenvalue weighted by atomic mass is 10.2. The van der Waals surface area contributed by atoms with E-state index in [2.05, 4.69) is 25.8 Å². The van der Waals surface area contributed by atoms with Gasteiger partial charge in [-0.15, -0.1) is 11.6 Å². The van der Waals surface area contributed by atoms with E-state index in [0.29, 0.717) is 28.6 Å². The number of imidazole rings is 1. The molecule has 0 aliphatic heterocycles. The lowest BCUT2D eigenvalue weighted by Crippen LogP contribution is -2.18. The number of hydrogen-bond donors (Lipinski definition) is 0. The van der Waals surface area contributed by atoms with Gasteiger partial charge in [0.25, 0.3) is 0 Å². The fraction of sp³-hybridized carbons (Fsp3) is 0.615. The van der Waals surface area contributed by atoms with Gasteiger partial charge in [-0.1, -0.05) is 6.42 Å². The first-order valence-corrected chi connectivity index (χ1v) is 8.47. The third-order valence-electron chi connectivity index (χ3n) is 3.88. The number of rotatable bonds is 4. The van der Waals surface area contributed by atoms with E-state index in [1.54, 1.807) is 7.11 Å². The Labute approximate surface area is 127 Å². The minimum absolute atomic E-state index is 0.372. The second kappa shape index (κ2) is 5.77. The van der Waals surface area contributed by atoms with Gasteiger partial charge in [0.2, 0.25) is 5.88 Å². The minimum atomic E-state index is 0.372. The molecule has 0 N–H and O–H groups in total. The molecule has 0 amide bonds. The molecule has 5 nitrogen and oxygen atoms in total. The largest absolute Gasteiger partial charge is 0.479 e. The molecule has 0 radical (unpaired) electrons. The van der Waals surface area contributed by atoms with Gasteiger partial charge in [-0.25, -0.2) is 9.97 Å².